The molecule has 1 aliphatic heterocycles. The van der Waals surface area contributed by atoms with Crippen LogP contribution in [0.3, 0.4) is 0 Å². The highest BCUT2D eigenvalue weighted by Gasteiger charge is 2.42. The topological polar surface area (TPSA) is 77.8 Å². The molecular formula is C6H8FNO4. The Kier molecular flexibility index (Phi) is 2.16. The van der Waals surface area contributed by atoms with Crippen molar-refractivity contribution in [2.45, 2.75) is 18.6 Å². The molecule has 1 amide bonds. The molecule has 1 fully saturated rings. The van der Waals surface area contributed by atoms with Gasteiger partial charge in [0.25, 0.3) is 0 Å². The summed E-state index contributed by atoms with van der Waals surface area (Å²) in [5.41, 5.74) is 0. The number of aliphatic carboxylic acids is 1. The first kappa shape index (κ1) is 8.76. The van der Waals surface area contributed by atoms with Crippen LogP contribution in [0.5, 0.6) is 0 Å². The fraction of sp³-hybridized carbons (Fsp3) is 0.667. The SMILES string of the molecule is O=C(O)C1C(F)CCN1C(=O)O. The summed E-state index contributed by atoms with van der Waals surface area (Å²) in [6, 6.07) is -1.53. The lowest BCUT2D eigenvalue weighted by atomic mass is 10.2. The van der Waals surface area contributed by atoms with Gasteiger partial charge in [-0.05, 0) is 6.42 Å². The molecule has 12 heavy (non-hydrogen) atoms. The number of carboxylic acids is 1. The van der Waals surface area contributed by atoms with Crippen LogP contribution in [-0.2, 0) is 4.79 Å². The first-order valence-corrected chi connectivity index (χ1v) is 3.40. The van der Waals surface area contributed by atoms with Gasteiger partial charge in [0, 0.05) is 6.54 Å². The standard InChI is InChI=1S/C6H8FNO4/c7-3-1-2-8(6(11)12)4(3)5(9)10/h3-4H,1-2H2,(H,9,10)(H,11,12). The van der Waals surface area contributed by atoms with E-state index in [0.29, 0.717) is 4.90 Å². The number of halogens is 1. The second-order valence-electron chi connectivity index (χ2n) is 2.56. The van der Waals surface area contributed by atoms with E-state index in [1.165, 1.54) is 0 Å². The molecule has 1 saturated heterocycles. The van der Waals surface area contributed by atoms with Crippen LogP contribution in [0.25, 0.3) is 0 Å². The fourth-order valence-electron chi connectivity index (χ4n) is 1.26. The second kappa shape index (κ2) is 2.96. The van der Waals surface area contributed by atoms with Crippen molar-refractivity contribution in [3.05, 3.63) is 0 Å². The third-order valence-corrected chi connectivity index (χ3v) is 1.82. The molecule has 2 atom stereocenters. The van der Waals surface area contributed by atoms with Crippen LogP contribution in [0, 0.1) is 0 Å². The first-order chi connectivity index (χ1) is 5.54. The minimum atomic E-state index is -1.58. The molecule has 6 heteroatoms. The molecule has 1 rings (SSSR count). The lowest BCUT2D eigenvalue weighted by molar-refractivity contribution is -0.143. The summed E-state index contributed by atoms with van der Waals surface area (Å²) in [6.45, 7) is -0.0481. The van der Waals surface area contributed by atoms with Crippen molar-refractivity contribution in [2.24, 2.45) is 0 Å². The summed E-state index contributed by atoms with van der Waals surface area (Å²) in [6.07, 6.45) is -3.01. The number of hydrogen-bond donors (Lipinski definition) is 2. The number of carbonyl (C=O) groups is 2. The summed E-state index contributed by atoms with van der Waals surface area (Å²) in [5, 5.41) is 16.9. The Balaban J connectivity index is 2.77. The number of amides is 1. The summed E-state index contributed by atoms with van der Waals surface area (Å²) in [7, 11) is 0. The minimum Gasteiger partial charge on any atom is -0.480 e. The maximum absolute atomic E-state index is 12.8. The molecule has 0 bridgehead atoms. The zero-order chi connectivity index (χ0) is 9.30. The van der Waals surface area contributed by atoms with E-state index in [2.05, 4.69) is 0 Å². The fourth-order valence-corrected chi connectivity index (χ4v) is 1.26. The van der Waals surface area contributed by atoms with Gasteiger partial charge < -0.3 is 10.2 Å². The Labute approximate surface area is 67.4 Å². The van der Waals surface area contributed by atoms with Gasteiger partial charge in [-0.3, -0.25) is 4.90 Å². The van der Waals surface area contributed by atoms with Crippen molar-refractivity contribution < 1.29 is 24.2 Å². The van der Waals surface area contributed by atoms with Gasteiger partial charge in [-0.2, -0.15) is 0 Å². The van der Waals surface area contributed by atoms with Crippen LogP contribution >= 0.6 is 0 Å². The van der Waals surface area contributed by atoms with Crippen LogP contribution in [0.4, 0.5) is 9.18 Å². The average Bonchev–Trinajstić information content (AvgIpc) is 2.30. The van der Waals surface area contributed by atoms with Gasteiger partial charge in [-0.25, -0.2) is 14.0 Å². The normalized spacial score (nSPS) is 28.9. The molecule has 0 radical (unpaired) electrons. The smallest absolute Gasteiger partial charge is 0.408 e. The van der Waals surface area contributed by atoms with Crippen LogP contribution < -0.4 is 0 Å². The van der Waals surface area contributed by atoms with Crippen LogP contribution in [-0.4, -0.2) is 45.9 Å². The molecule has 1 heterocycles. The Bertz CT molecular complexity index is 220. The molecule has 0 aromatic rings. The number of likely N-dealkylation sites (tertiary alicyclic amines) is 1. The van der Waals surface area contributed by atoms with E-state index < -0.39 is 24.3 Å². The van der Waals surface area contributed by atoms with Gasteiger partial charge in [0.05, 0.1) is 0 Å². The Hall–Kier alpha value is -1.33. The molecule has 5 nitrogen and oxygen atoms in total. The molecule has 2 unspecified atom stereocenters. The Morgan fingerprint density at radius 1 is 1.42 bits per heavy atom. The molecule has 0 saturated carbocycles. The maximum Gasteiger partial charge on any atom is 0.408 e. The number of alkyl halides is 1. The summed E-state index contributed by atoms with van der Waals surface area (Å²) in [5.74, 6) is -1.43. The molecule has 2 N–H and O–H groups in total. The maximum atomic E-state index is 12.8. The van der Waals surface area contributed by atoms with E-state index >= 15 is 0 Å². The summed E-state index contributed by atoms with van der Waals surface area (Å²) < 4.78 is 12.8. The van der Waals surface area contributed by atoms with Crippen molar-refractivity contribution in [2.75, 3.05) is 6.54 Å². The Morgan fingerprint density at radius 2 is 2.00 bits per heavy atom. The van der Waals surface area contributed by atoms with Crippen molar-refractivity contribution in [1.29, 1.82) is 0 Å². The van der Waals surface area contributed by atoms with Gasteiger partial charge in [-0.1, -0.05) is 0 Å². The molecule has 0 aliphatic carbocycles. The third kappa shape index (κ3) is 1.32. The quantitative estimate of drug-likeness (QED) is 0.598. The third-order valence-electron chi connectivity index (χ3n) is 1.82. The van der Waals surface area contributed by atoms with Gasteiger partial charge in [0.1, 0.15) is 6.17 Å². The number of rotatable bonds is 1. The van der Waals surface area contributed by atoms with Gasteiger partial charge in [-0.15, -0.1) is 0 Å². The molecule has 0 spiro atoms. The zero-order valence-corrected chi connectivity index (χ0v) is 6.11. The van der Waals surface area contributed by atoms with Crippen LogP contribution in [0.1, 0.15) is 6.42 Å². The molecule has 68 valence electrons. The summed E-state index contributed by atoms with van der Waals surface area (Å²) >= 11 is 0. The minimum absolute atomic E-state index is 0.0384. The molecule has 1 aliphatic rings. The van der Waals surface area contributed by atoms with Crippen molar-refractivity contribution in [1.82, 2.24) is 4.90 Å². The van der Waals surface area contributed by atoms with E-state index in [0.717, 1.165) is 0 Å². The molecule has 0 aromatic heterocycles. The highest BCUT2D eigenvalue weighted by molar-refractivity contribution is 5.80. The van der Waals surface area contributed by atoms with E-state index in [4.69, 9.17) is 10.2 Å². The predicted molar refractivity (Wildman–Crippen MR) is 35.7 cm³/mol. The summed E-state index contributed by atoms with van der Waals surface area (Å²) in [4.78, 5) is 21.3. The molecular weight excluding hydrogens is 169 g/mol. The first-order valence-electron chi connectivity index (χ1n) is 3.40. The lowest BCUT2D eigenvalue weighted by Crippen LogP contribution is -2.43. The van der Waals surface area contributed by atoms with Crippen LogP contribution in [0.2, 0.25) is 0 Å². The average molecular weight is 177 g/mol. The van der Waals surface area contributed by atoms with Gasteiger partial charge in [0.15, 0.2) is 6.04 Å². The highest BCUT2D eigenvalue weighted by atomic mass is 19.1. The highest BCUT2D eigenvalue weighted by Crippen LogP contribution is 2.20. The monoisotopic (exact) mass is 177 g/mol. The van der Waals surface area contributed by atoms with Crippen molar-refractivity contribution in [3.63, 3.8) is 0 Å². The lowest BCUT2D eigenvalue weighted by Gasteiger charge is -2.17. The predicted octanol–water partition coefficient (Wildman–Crippen LogP) is 0.161. The number of nitrogens with zero attached hydrogens (tertiary/aromatic N) is 1. The van der Waals surface area contributed by atoms with Gasteiger partial charge >= 0.3 is 12.1 Å². The molecule has 0 aromatic carbocycles. The number of hydrogen-bond acceptors (Lipinski definition) is 2. The number of carboxylic acid groups (broad SMARTS) is 2. The van der Waals surface area contributed by atoms with Crippen LogP contribution in [0.15, 0.2) is 0 Å². The van der Waals surface area contributed by atoms with Gasteiger partial charge in [0.2, 0.25) is 0 Å². The van der Waals surface area contributed by atoms with E-state index in [1.54, 1.807) is 0 Å². The van der Waals surface area contributed by atoms with E-state index in [9.17, 15) is 14.0 Å². The van der Waals surface area contributed by atoms with E-state index in [1.807, 2.05) is 0 Å². The van der Waals surface area contributed by atoms with Crippen molar-refractivity contribution in [3.8, 4) is 0 Å². The van der Waals surface area contributed by atoms with E-state index in [-0.39, 0.29) is 13.0 Å². The largest absolute Gasteiger partial charge is 0.480 e. The Morgan fingerprint density at radius 3 is 2.33 bits per heavy atom. The van der Waals surface area contributed by atoms with Crippen molar-refractivity contribution >= 4 is 12.1 Å². The zero-order valence-electron chi connectivity index (χ0n) is 6.11. The second-order valence-corrected chi connectivity index (χ2v) is 2.56.